The molecule has 0 amide bonds. The van der Waals surface area contributed by atoms with Crippen LogP contribution in [-0.2, 0) is 9.59 Å². The second kappa shape index (κ2) is 16.3. The lowest BCUT2D eigenvalue weighted by Crippen LogP contribution is -2.29. The number of rotatable bonds is 8. The number of carboxylic acid groups (broad SMARTS) is 2. The topological polar surface area (TPSA) is 186 Å². The molecule has 0 aliphatic rings. The molecule has 14 heteroatoms. The van der Waals surface area contributed by atoms with E-state index in [0.717, 1.165) is 31.7 Å². The summed E-state index contributed by atoms with van der Waals surface area (Å²) in [6, 6.07) is 9.28. The van der Waals surface area contributed by atoms with Crippen molar-refractivity contribution in [2.75, 3.05) is 31.2 Å². The van der Waals surface area contributed by atoms with E-state index in [1.54, 1.807) is 24.3 Å². The summed E-state index contributed by atoms with van der Waals surface area (Å²) >= 11 is 12.0. The van der Waals surface area contributed by atoms with Gasteiger partial charge in [-0.25, -0.2) is 0 Å². The van der Waals surface area contributed by atoms with Gasteiger partial charge in [-0.15, -0.1) is 5.11 Å². The first kappa shape index (κ1) is 30.7. The lowest BCUT2D eigenvalue weighted by Gasteiger charge is -2.22. The summed E-state index contributed by atoms with van der Waals surface area (Å²) in [4.78, 5) is 30.0. The van der Waals surface area contributed by atoms with Crippen LogP contribution >= 0.6 is 23.2 Å². The smallest absolute Gasteiger partial charge is 0.300 e. The minimum Gasteiger partial charge on any atom is -0.481 e. The second-order valence-corrected chi connectivity index (χ2v) is 7.02. The number of nitro benzene ring substituents is 1. The fraction of sp³-hybridized carbons (Fsp3) is 0.300. The summed E-state index contributed by atoms with van der Waals surface area (Å²) in [7, 11) is 0. The molecule has 186 valence electrons. The molecule has 0 fully saturated rings. The number of benzene rings is 2. The van der Waals surface area contributed by atoms with Gasteiger partial charge in [-0.1, -0.05) is 23.2 Å². The van der Waals surface area contributed by atoms with Crippen LogP contribution in [0.1, 0.15) is 13.8 Å². The van der Waals surface area contributed by atoms with Gasteiger partial charge >= 0.3 is 0 Å². The third-order valence-corrected chi connectivity index (χ3v) is 4.01. The number of carboxylic acids is 2. The van der Waals surface area contributed by atoms with Crippen LogP contribution < -0.4 is 4.90 Å². The Morgan fingerprint density at radius 3 is 1.71 bits per heavy atom. The van der Waals surface area contributed by atoms with Crippen LogP contribution in [0.25, 0.3) is 0 Å². The summed E-state index contributed by atoms with van der Waals surface area (Å²) in [5, 5.41) is 51.8. The standard InChI is InChI=1S/C16H16Cl2N4O4.2C2H4O2/c17-14-9-13(22(25)26)10-15(18)16(14)20-19-11-1-3-12(4-2-11)21(5-7-23)6-8-24;2*1-2(3)4/h1-4,9-10,23-24H,5-8H2;2*1H3,(H,3,4). The summed E-state index contributed by atoms with van der Waals surface area (Å²) in [5.41, 5.74) is 1.26. The lowest BCUT2D eigenvalue weighted by molar-refractivity contribution is -0.384. The Bertz CT molecular complexity index is 938. The predicted octanol–water partition coefficient (Wildman–Crippen LogP) is 4.29. The van der Waals surface area contributed by atoms with Crippen molar-refractivity contribution in [1.82, 2.24) is 0 Å². The van der Waals surface area contributed by atoms with Crippen LogP contribution in [0.4, 0.5) is 22.7 Å². The highest BCUT2D eigenvalue weighted by atomic mass is 35.5. The maximum absolute atomic E-state index is 10.8. The fourth-order valence-corrected chi connectivity index (χ4v) is 2.75. The molecule has 0 heterocycles. The van der Waals surface area contributed by atoms with Gasteiger partial charge in [-0.3, -0.25) is 19.7 Å². The quantitative estimate of drug-likeness (QED) is 0.224. The Morgan fingerprint density at radius 1 is 0.941 bits per heavy atom. The first-order chi connectivity index (χ1) is 15.9. The highest BCUT2D eigenvalue weighted by Gasteiger charge is 2.14. The number of azo groups is 1. The number of hydrogen-bond donors (Lipinski definition) is 4. The minimum absolute atomic E-state index is 0.0292. The predicted molar refractivity (Wildman–Crippen MR) is 127 cm³/mol. The van der Waals surface area contributed by atoms with Gasteiger partial charge in [0.15, 0.2) is 0 Å². The zero-order chi connectivity index (χ0) is 26.3. The number of aliphatic hydroxyl groups excluding tert-OH is 2. The van der Waals surface area contributed by atoms with Crippen molar-refractivity contribution in [3.05, 3.63) is 56.6 Å². The molecular weight excluding hydrogens is 495 g/mol. The number of nitrogens with zero attached hydrogens (tertiary/aromatic N) is 4. The molecule has 0 saturated heterocycles. The molecule has 4 N–H and O–H groups in total. The van der Waals surface area contributed by atoms with Crippen LogP contribution in [0.2, 0.25) is 10.0 Å². The highest BCUT2D eigenvalue weighted by Crippen LogP contribution is 2.37. The average Bonchev–Trinajstić information content (AvgIpc) is 2.72. The third-order valence-electron chi connectivity index (χ3n) is 3.43. The fourth-order valence-electron chi connectivity index (χ4n) is 2.20. The van der Waals surface area contributed by atoms with Crippen molar-refractivity contribution < 1.29 is 34.9 Å². The molecule has 0 radical (unpaired) electrons. The van der Waals surface area contributed by atoms with Gasteiger partial charge in [0, 0.05) is 44.8 Å². The van der Waals surface area contributed by atoms with Crippen molar-refractivity contribution in [1.29, 1.82) is 0 Å². The van der Waals surface area contributed by atoms with Gasteiger partial charge in [0.05, 0.1) is 33.9 Å². The first-order valence-electron chi connectivity index (χ1n) is 9.43. The number of nitro groups is 1. The number of aliphatic carboxylic acids is 2. The van der Waals surface area contributed by atoms with E-state index in [-0.39, 0.29) is 34.6 Å². The van der Waals surface area contributed by atoms with Crippen molar-refractivity contribution in [2.45, 2.75) is 13.8 Å². The number of halogens is 2. The second-order valence-electron chi connectivity index (χ2n) is 6.20. The van der Waals surface area contributed by atoms with E-state index in [1.165, 1.54) is 0 Å². The van der Waals surface area contributed by atoms with E-state index >= 15 is 0 Å². The van der Waals surface area contributed by atoms with Gasteiger partial charge in [0.1, 0.15) is 5.69 Å². The Balaban J connectivity index is 0.00000118. The maximum Gasteiger partial charge on any atom is 0.300 e. The summed E-state index contributed by atoms with van der Waals surface area (Å²) in [6.45, 7) is 2.90. The Kier molecular flexibility index (Phi) is 14.7. The molecule has 2 aromatic carbocycles. The molecule has 0 spiro atoms. The molecule has 2 aromatic rings. The number of non-ortho nitro benzene ring substituents is 1. The van der Waals surface area contributed by atoms with Gasteiger partial charge in [0.25, 0.3) is 17.6 Å². The van der Waals surface area contributed by atoms with Gasteiger partial charge in [-0.05, 0) is 24.3 Å². The van der Waals surface area contributed by atoms with Crippen LogP contribution in [0, 0.1) is 10.1 Å². The molecule has 0 aliphatic carbocycles. The van der Waals surface area contributed by atoms with Crippen LogP contribution in [-0.4, -0.2) is 63.6 Å². The summed E-state index contributed by atoms with van der Waals surface area (Å²) in [5.74, 6) is -1.67. The van der Waals surface area contributed by atoms with Gasteiger partial charge in [-0.2, -0.15) is 5.11 Å². The van der Waals surface area contributed by atoms with E-state index < -0.39 is 16.9 Å². The Hall–Kier alpha value is -3.32. The number of anilines is 1. The SMILES string of the molecule is CC(=O)O.CC(=O)O.O=[N+]([O-])c1cc(Cl)c(N=Nc2ccc(N(CCO)CCO)cc2)c(Cl)c1. The molecule has 0 aromatic heterocycles. The molecule has 0 aliphatic heterocycles. The average molecular weight is 519 g/mol. The number of hydrogen-bond acceptors (Lipinski definition) is 9. The molecule has 0 bridgehead atoms. The van der Waals surface area contributed by atoms with Crippen molar-refractivity contribution in [3.8, 4) is 0 Å². The van der Waals surface area contributed by atoms with Crippen molar-refractivity contribution in [3.63, 3.8) is 0 Å². The monoisotopic (exact) mass is 518 g/mol. The minimum atomic E-state index is -0.833. The van der Waals surface area contributed by atoms with E-state index in [2.05, 4.69) is 10.2 Å². The van der Waals surface area contributed by atoms with E-state index in [4.69, 9.17) is 53.2 Å². The van der Waals surface area contributed by atoms with Crippen molar-refractivity contribution >= 4 is 57.9 Å². The largest absolute Gasteiger partial charge is 0.481 e. The van der Waals surface area contributed by atoms with Crippen molar-refractivity contribution in [2.24, 2.45) is 10.2 Å². The third kappa shape index (κ3) is 12.6. The van der Waals surface area contributed by atoms with Crippen LogP contribution in [0.15, 0.2) is 46.6 Å². The Labute approximate surface area is 204 Å². The molecule has 12 nitrogen and oxygen atoms in total. The number of aliphatic hydroxyl groups is 2. The lowest BCUT2D eigenvalue weighted by atomic mass is 10.2. The van der Waals surface area contributed by atoms with Gasteiger partial charge < -0.3 is 25.3 Å². The van der Waals surface area contributed by atoms with E-state index in [9.17, 15) is 10.1 Å². The zero-order valence-corrected chi connectivity index (χ0v) is 19.8. The normalized spacial score (nSPS) is 9.94. The number of carbonyl (C=O) groups is 2. The zero-order valence-electron chi connectivity index (χ0n) is 18.3. The molecule has 2 rings (SSSR count). The van der Waals surface area contributed by atoms with Crippen LogP contribution in [0.5, 0.6) is 0 Å². The molecule has 0 unspecified atom stereocenters. The first-order valence-corrected chi connectivity index (χ1v) is 10.2. The van der Waals surface area contributed by atoms with Crippen LogP contribution in [0.3, 0.4) is 0 Å². The molecule has 34 heavy (non-hydrogen) atoms. The summed E-state index contributed by atoms with van der Waals surface area (Å²) in [6.07, 6.45) is 0. The van der Waals surface area contributed by atoms with E-state index in [1.807, 2.05) is 4.90 Å². The highest BCUT2D eigenvalue weighted by molar-refractivity contribution is 6.39. The van der Waals surface area contributed by atoms with Gasteiger partial charge in [0.2, 0.25) is 0 Å². The molecular formula is C20H24Cl2N4O8. The Morgan fingerprint density at radius 2 is 1.35 bits per heavy atom. The maximum atomic E-state index is 10.8. The molecule has 0 atom stereocenters. The molecule has 0 saturated carbocycles. The van der Waals surface area contributed by atoms with E-state index in [0.29, 0.717) is 18.8 Å². The summed E-state index contributed by atoms with van der Waals surface area (Å²) < 4.78 is 0.